The summed E-state index contributed by atoms with van der Waals surface area (Å²) >= 11 is 0. The average molecular weight is 682 g/mol. The molecule has 0 bridgehead atoms. The summed E-state index contributed by atoms with van der Waals surface area (Å²) in [5, 5.41) is 109. The summed E-state index contributed by atoms with van der Waals surface area (Å²) in [4.78, 5) is 60.0. The fourth-order valence-electron chi connectivity index (χ4n) is 1.37. The van der Waals surface area contributed by atoms with Gasteiger partial charge in [0.15, 0.2) is 0 Å². The monoisotopic (exact) mass is 681 g/mol. The SMILES string of the molecule is CNCO.CNCO.CNCO.O=C([O-])CC(O)(CC(=O)[O-])C(=O)[O-].O=C([O-])CC(O)(CC(=O)[O-])C(=O)[O-].[Ca+2].[Ca+2].[Ca+2]. The van der Waals surface area contributed by atoms with Crippen LogP contribution in [0.3, 0.4) is 0 Å². The molecule has 8 N–H and O–H groups in total. The molecule has 0 fully saturated rings. The zero-order chi connectivity index (χ0) is 31.5. The zero-order valence-corrected chi connectivity index (χ0v) is 29.3. The Balaban J connectivity index is -0.0000000605. The molecule has 0 aromatic heterocycles. The number of nitrogens with one attached hydrogen (secondary N) is 3. The summed E-state index contributed by atoms with van der Waals surface area (Å²) in [5.41, 5.74) is -5.95. The Hall–Kier alpha value is 0.279. The van der Waals surface area contributed by atoms with Gasteiger partial charge in [0.1, 0.15) is 11.2 Å². The summed E-state index contributed by atoms with van der Waals surface area (Å²) in [6.07, 6.45) is -5.43. The van der Waals surface area contributed by atoms with Crippen LogP contribution in [0.5, 0.6) is 0 Å². The quantitative estimate of drug-likeness (QED) is 0.0660. The van der Waals surface area contributed by atoms with Gasteiger partial charge in [0.05, 0.1) is 32.1 Å². The first kappa shape index (κ1) is 60.5. The minimum absolute atomic E-state index is 0. The van der Waals surface area contributed by atoms with E-state index < -0.39 is 72.7 Å². The summed E-state index contributed by atoms with van der Waals surface area (Å²) < 4.78 is 0. The molecule has 0 aliphatic carbocycles. The molecule has 0 aromatic carbocycles. The second kappa shape index (κ2) is 38.3. The number of rotatable bonds is 13. The Kier molecular flexibility index (Phi) is 56.5. The van der Waals surface area contributed by atoms with Crippen molar-refractivity contribution in [3.05, 3.63) is 0 Å². The van der Waals surface area contributed by atoms with Crippen LogP contribution in [0.2, 0.25) is 0 Å². The predicted molar refractivity (Wildman–Crippen MR) is 124 cm³/mol. The molecule has 0 unspecified atom stereocenters. The largest absolute Gasteiger partial charge is 2.00 e. The molecule has 23 heteroatoms. The van der Waals surface area contributed by atoms with Crippen LogP contribution in [0.1, 0.15) is 25.7 Å². The minimum atomic E-state index is -2.97. The Labute approximate surface area is 324 Å². The first-order chi connectivity index (χ1) is 17.3. The van der Waals surface area contributed by atoms with E-state index in [9.17, 15) is 59.4 Å². The number of carboxylic acids is 6. The van der Waals surface area contributed by atoms with Gasteiger partial charge in [0, 0.05) is 49.6 Å². The van der Waals surface area contributed by atoms with Gasteiger partial charge in [-0.15, -0.1) is 0 Å². The number of carbonyl (C=O) groups is 6. The van der Waals surface area contributed by atoms with Crippen molar-refractivity contribution in [2.45, 2.75) is 36.9 Å². The fourth-order valence-corrected chi connectivity index (χ4v) is 1.37. The molecule has 0 saturated heterocycles. The number of aliphatic carboxylic acids is 6. The van der Waals surface area contributed by atoms with Crippen molar-refractivity contribution in [2.75, 3.05) is 41.3 Å². The van der Waals surface area contributed by atoms with Gasteiger partial charge in [-0.1, -0.05) is 0 Å². The summed E-state index contributed by atoms with van der Waals surface area (Å²) in [5.74, 6) is -12.0. The third-order valence-corrected chi connectivity index (χ3v) is 2.98. The topological polar surface area (TPSA) is 378 Å². The molecule has 0 aliphatic rings. The van der Waals surface area contributed by atoms with E-state index in [-0.39, 0.29) is 133 Å². The predicted octanol–water partition coefficient (Wildman–Crippen LogP) is -14.2. The zero-order valence-electron chi connectivity index (χ0n) is 22.7. The van der Waals surface area contributed by atoms with Crippen molar-refractivity contribution in [2.24, 2.45) is 0 Å². The maximum Gasteiger partial charge on any atom is 2.00 e. The van der Waals surface area contributed by atoms with E-state index in [1.807, 2.05) is 0 Å². The van der Waals surface area contributed by atoms with E-state index in [1.54, 1.807) is 21.1 Å². The van der Waals surface area contributed by atoms with Gasteiger partial charge in [-0.25, -0.2) is 0 Å². The maximum absolute atomic E-state index is 10.1. The molecule has 20 nitrogen and oxygen atoms in total. The molecule has 226 valence electrons. The molecule has 0 amide bonds. The first-order valence-electron chi connectivity index (χ1n) is 9.73. The smallest absolute Gasteiger partial charge is 0.550 e. The van der Waals surface area contributed by atoms with Crippen LogP contribution in [0.15, 0.2) is 0 Å². The summed E-state index contributed by atoms with van der Waals surface area (Å²) in [6.45, 7) is 0.208. The van der Waals surface area contributed by atoms with Crippen LogP contribution < -0.4 is 46.6 Å². The molecule has 0 saturated carbocycles. The number of aliphatic hydroxyl groups is 5. The second-order valence-corrected chi connectivity index (χ2v) is 6.37. The molecule has 0 aliphatic heterocycles. The van der Waals surface area contributed by atoms with E-state index in [1.165, 1.54) is 0 Å². The van der Waals surface area contributed by atoms with E-state index >= 15 is 0 Å². The molecule has 41 heavy (non-hydrogen) atoms. The van der Waals surface area contributed by atoms with E-state index in [4.69, 9.17) is 25.5 Å². The Morgan fingerprint density at radius 3 is 0.659 bits per heavy atom. The van der Waals surface area contributed by atoms with Crippen LogP contribution >= 0.6 is 0 Å². The van der Waals surface area contributed by atoms with Crippen molar-refractivity contribution in [3.8, 4) is 0 Å². The molecular formula is C18H31Ca3N3O17. The number of carbonyl (C=O) groups excluding carboxylic acids is 6. The Morgan fingerprint density at radius 2 is 0.610 bits per heavy atom. The van der Waals surface area contributed by atoms with Gasteiger partial charge in [0.25, 0.3) is 0 Å². The molecule has 0 atom stereocenters. The third-order valence-electron chi connectivity index (χ3n) is 2.98. The van der Waals surface area contributed by atoms with E-state index in [0.717, 1.165) is 0 Å². The fraction of sp³-hybridized carbons (Fsp3) is 0.667. The van der Waals surface area contributed by atoms with Gasteiger partial charge < -0.3 is 84.9 Å². The molecule has 0 heterocycles. The van der Waals surface area contributed by atoms with Crippen molar-refractivity contribution < 1.29 is 84.9 Å². The maximum atomic E-state index is 10.1. The van der Waals surface area contributed by atoms with Crippen LogP contribution in [0, 0.1) is 0 Å². The van der Waals surface area contributed by atoms with E-state index in [0.29, 0.717) is 0 Å². The molecular weight excluding hydrogens is 650 g/mol. The van der Waals surface area contributed by atoms with Crippen molar-refractivity contribution in [1.29, 1.82) is 0 Å². The first-order valence-corrected chi connectivity index (χ1v) is 9.73. The standard InChI is InChI=1S/2C6H8O7.3C2H7NO.3Ca/c2*7-3(8)1-6(13,5(11)12)2-4(9)10;3*1-3-2-4;;;/h2*13H,1-2H2,(H,7,8)(H,9,10)(H,11,12);3*3-4H,2H2,1H3;;;/q;;;;;3*+2/p-6. The number of aliphatic hydroxyl groups excluding tert-OH is 3. The summed E-state index contributed by atoms with van der Waals surface area (Å²) in [7, 11) is 5.04. The van der Waals surface area contributed by atoms with Gasteiger partial charge in [0.2, 0.25) is 0 Å². The van der Waals surface area contributed by atoms with Crippen molar-refractivity contribution in [3.63, 3.8) is 0 Å². The average Bonchev–Trinajstić information content (AvgIpc) is 2.77. The van der Waals surface area contributed by atoms with Crippen molar-refractivity contribution >= 4 is 149 Å². The number of hydrogen-bond acceptors (Lipinski definition) is 20. The number of carboxylic acid groups (broad SMARTS) is 6. The second-order valence-electron chi connectivity index (χ2n) is 6.37. The van der Waals surface area contributed by atoms with Gasteiger partial charge in [-0.2, -0.15) is 0 Å². The number of hydrogen-bond donors (Lipinski definition) is 8. The van der Waals surface area contributed by atoms with Crippen molar-refractivity contribution in [1.82, 2.24) is 16.0 Å². The summed E-state index contributed by atoms with van der Waals surface area (Å²) in [6, 6.07) is 0. The molecule has 0 spiro atoms. The van der Waals surface area contributed by atoms with Gasteiger partial charge in [-0.3, -0.25) is 16.0 Å². The van der Waals surface area contributed by atoms with Gasteiger partial charge >= 0.3 is 113 Å². The molecule has 0 rings (SSSR count). The normalized spacial score (nSPS) is 9.07. The molecule has 0 aromatic rings. The Bertz CT molecular complexity index is 618. The van der Waals surface area contributed by atoms with E-state index in [2.05, 4.69) is 16.0 Å². The molecule has 0 radical (unpaired) electrons. The van der Waals surface area contributed by atoms with Gasteiger partial charge in [-0.05, 0) is 21.1 Å². The van der Waals surface area contributed by atoms with Crippen LogP contribution in [0.25, 0.3) is 0 Å². The Morgan fingerprint density at radius 1 is 0.488 bits per heavy atom. The minimum Gasteiger partial charge on any atom is -0.550 e. The third kappa shape index (κ3) is 47.4. The van der Waals surface area contributed by atoms with Crippen LogP contribution in [-0.4, -0.2) is 227 Å². The van der Waals surface area contributed by atoms with Crippen LogP contribution in [-0.2, 0) is 28.8 Å². The van der Waals surface area contributed by atoms with Crippen LogP contribution in [0.4, 0.5) is 0 Å².